The molecule has 0 aliphatic heterocycles. The average molecular weight is 616 g/mol. The van der Waals surface area contributed by atoms with Crippen molar-refractivity contribution in [2.75, 3.05) is 17.7 Å². The molecule has 3 heterocycles. The lowest BCUT2D eigenvalue weighted by Gasteiger charge is -2.18. The standard InChI is InChI=1S/C32H29N3O4S3/c1-3-39-31(38)27-22-15-14-19(2)16-24(22)42-29(27)33-25(36)18-41-32-34-28-26(23(17-40-28)20-10-6-4-7-11-20)30(37)35(32)21-12-8-5-9-13-21/h4-13,17,19H,3,14-16,18H2,1-2H3,(H,33,36)/t19-/m0/s1. The Labute approximate surface area is 255 Å². The lowest BCUT2D eigenvalue weighted by Crippen LogP contribution is -2.23. The van der Waals surface area contributed by atoms with Gasteiger partial charge in [-0.2, -0.15) is 0 Å². The fraction of sp³-hybridized carbons (Fsp3) is 0.250. The largest absolute Gasteiger partial charge is 0.462 e. The molecule has 2 aromatic carbocycles. The van der Waals surface area contributed by atoms with Gasteiger partial charge in [0.15, 0.2) is 5.16 Å². The number of ether oxygens (including phenoxy) is 1. The fourth-order valence-corrected chi connectivity index (χ4v) is 8.47. The molecule has 1 aliphatic carbocycles. The molecule has 1 N–H and O–H groups in total. The van der Waals surface area contributed by atoms with Crippen LogP contribution in [0.4, 0.5) is 5.00 Å². The van der Waals surface area contributed by atoms with E-state index in [9.17, 15) is 14.4 Å². The summed E-state index contributed by atoms with van der Waals surface area (Å²) >= 11 is 4.08. The monoisotopic (exact) mass is 615 g/mol. The molecule has 6 rings (SSSR count). The third-order valence-corrected chi connectivity index (χ3v) is 10.2. The molecular weight excluding hydrogens is 587 g/mol. The first-order chi connectivity index (χ1) is 20.4. The zero-order chi connectivity index (χ0) is 29.2. The van der Waals surface area contributed by atoms with Gasteiger partial charge in [0.1, 0.15) is 9.83 Å². The quantitative estimate of drug-likeness (QED) is 0.113. The first kappa shape index (κ1) is 28.4. The van der Waals surface area contributed by atoms with Gasteiger partial charge in [0.05, 0.1) is 29.0 Å². The molecule has 0 bridgehead atoms. The van der Waals surface area contributed by atoms with Gasteiger partial charge in [-0.1, -0.05) is 67.2 Å². The number of nitrogens with zero attached hydrogens (tertiary/aromatic N) is 2. The van der Waals surface area contributed by atoms with Crippen molar-refractivity contribution in [3.05, 3.63) is 92.4 Å². The Balaban J connectivity index is 1.32. The molecule has 0 saturated carbocycles. The van der Waals surface area contributed by atoms with Crippen LogP contribution in [0.25, 0.3) is 27.0 Å². The Morgan fingerprint density at radius 2 is 1.86 bits per heavy atom. The van der Waals surface area contributed by atoms with Gasteiger partial charge in [-0.3, -0.25) is 14.2 Å². The van der Waals surface area contributed by atoms with Crippen molar-refractivity contribution in [1.82, 2.24) is 9.55 Å². The predicted molar refractivity (Wildman–Crippen MR) is 171 cm³/mol. The van der Waals surface area contributed by atoms with Crippen LogP contribution in [0, 0.1) is 5.92 Å². The predicted octanol–water partition coefficient (Wildman–Crippen LogP) is 7.21. The van der Waals surface area contributed by atoms with Gasteiger partial charge >= 0.3 is 5.97 Å². The summed E-state index contributed by atoms with van der Waals surface area (Å²) in [6.07, 6.45) is 2.68. The molecule has 0 unspecified atom stereocenters. The molecular formula is C32H29N3O4S3. The number of thiophene rings is 2. The van der Waals surface area contributed by atoms with Crippen LogP contribution in [0.5, 0.6) is 0 Å². The van der Waals surface area contributed by atoms with E-state index in [2.05, 4.69) is 12.2 Å². The first-order valence-electron chi connectivity index (χ1n) is 13.8. The SMILES string of the molecule is CCOC(=O)c1c(NC(=O)CSc2nc3scc(-c4ccccc4)c3c(=O)n2-c2ccccc2)sc2c1CC[C@H](C)C2. The molecule has 1 amide bonds. The zero-order valence-electron chi connectivity index (χ0n) is 23.2. The van der Waals surface area contributed by atoms with E-state index in [1.54, 1.807) is 11.5 Å². The van der Waals surface area contributed by atoms with E-state index >= 15 is 0 Å². The topological polar surface area (TPSA) is 90.3 Å². The highest BCUT2D eigenvalue weighted by atomic mass is 32.2. The van der Waals surface area contributed by atoms with E-state index in [0.717, 1.165) is 40.8 Å². The van der Waals surface area contributed by atoms with E-state index in [4.69, 9.17) is 9.72 Å². The highest BCUT2D eigenvalue weighted by Crippen LogP contribution is 2.40. The Morgan fingerprint density at radius 1 is 1.12 bits per heavy atom. The van der Waals surface area contributed by atoms with Gasteiger partial charge in [0, 0.05) is 15.8 Å². The van der Waals surface area contributed by atoms with Crippen molar-refractivity contribution in [3.63, 3.8) is 0 Å². The van der Waals surface area contributed by atoms with Crippen LogP contribution in [0.2, 0.25) is 0 Å². The van der Waals surface area contributed by atoms with Gasteiger partial charge < -0.3 is 10.1 Å². The Kier molecular flexibility index (Phi) is 8.28. The number of aromatic nitrogens is 2. The molecule has 42 heavy (non-hydrogen) atoms. The number of hydrogen-bond donors (Lipinski definition) is 1. The summed E-state index contributed by atoms with van der Waals surface area (Å²) in [4.78, 5) is 46.8. The number of hydrogen-bond acceptors (Lipinski definition) is 8. The molecule has 214 valence electrons. The van der Waals surface area contributed by atoms with Crippen molar-refractivity contribution in [3.8, 4) is 16.8 Å². The minimum absolute atomic E-state index is 0.0168. The second kappa shape index (κ2) is 12.2. The summed E-state index contributed by atoms with van der Waals surface area (Å²) in [5, 5.41) is 6.46. The first-order valence-corrected chi connectivity index (χ1v) is 16.5. The van der Waals surface area contributed by atoms with Crippen molar-refractivity contribution >= 4 is 61.5 Å². The van der Waals surface area contributed by atoms with Gasteiger partial charge in [-0.15, -0.1) is 22.7 Å². The van der Waals surface area contributed by atoms with Crippen molar-refractivity contribution in [2.24, 2.45) is 5.92 Å². The number of para-hydroxylation sites is 1. The molecule has 5 aromatic rings. The van der Waals surface area contributed by atoms with E-state index in [0.29, 0.717) is 37.5 Å². The van der Waals surface area contributed by atoms with Gasteiger partial charge in [0.2, 0.25) is 5.91 Å². The number of carbonyl (C=O) groups excluding carboxylic acids is 2. The minimum atomic E-state index is -0.399. The molecule has 0 saturated heterocycles. The summed E-state index contributed by atoms with van der Waals surface area (Å²) < 4.78 is 6.93. The lowest BCUT2D eigenvalue weighted by molar-refractivity contribution is -0.113. The summed E-state index contributed by atoms with van der Waals surface area (Å²) in [7, 11) is 0. The van der Waals surface area contributed by atoms with Gasteiger partial charge in [-0.05, 0) is 55.4 Å². The van der Waals surface area contributed by atoms with Crippen LogP contribution in [0.15, 0.2) is 76.0 Å². The van der Waals surface area contributed by atoms with Crippen LogP contribution in [0.1, 0.15) is 41.1 Å². The number of benzene rings is 2. The van der Waals surface area contributed by atoms with Gasteiger partial charge in [-0.25, -0.2) is 9.78 Å². The maximum absolute atomic E-state index is 14.0. The average Bonchev–Trinajstić information content (AvgIpc) is 3.58. The molecule has 0 spiro atoms. The Bertz CT molecular complexity index is 1830. The van der Waals surface area contributed by atoms with E-state index < -0.39 is 5.97 Å². The third kappa shape index (κ3) is 5.54. The Hall–Kier alpha value is -3.73. The summed E-state index contributed by atoms with van der Waals surface area (Å²) in [6, 6.07) is 19.1. The number of amides is 1. The van der Waals surface area contributed by atoms with Crippen molar-refractivity contribution in [1.29, 1.82) is 0 Å². The highest BCUT2D eigenvalue weighted by Gasteiger charge is 2.29. The molecule has 1 atom stereocenters. The van der Waals surface area contributed by atoms with Crippen LogP contribution in [0.3, 0.4) is 0 Å². The number of rotatable bonds is 8. The molecule has 1 aliphatic rings. The highest BCUT2D eigenvalue weighted by molar-refractivity contribution is 7.99. The molecule has 3 aromatic heterocycles. The number of fused-ring (bicyclic) bond motifs is 2. The second-order valence-corrected chi connectivity index (χ2v) is 13.1. The minimum Gasteiger partial charge on any atom is -0.462 e. The molecule has 0 radical (unpaired) electrons. The summed E-state index contributed by atoms with van der Waals surface area (Å²) in [5.74, 6) is -0.129. The van der Waals surface area contributed by atoms with E-state index in [1.165, 1.54) is 34.4 Å². The van der Waals surface area contributed by atoms with Crippen LogP contribution in [-0.4, -0.2) is 33.8 Å². The Morgan fingerprint density at radius 3 is 2.60 bits per heavy atom. The lowest BCUT2D eigenvalue weighted by atomic mass is 9.88. The number of nitrogens with one attached hydrogen (secondary N) is 1. The van der Waals surface area contributed by atoms with Crippen LogP contribution >= 0.6 is 34.4 Å². The second-order valence-electron chi connectivity index (χ2n) is 10.2. The number of esters is 1. The number of thioether (sulfide) groups is 1. The third-order valence-electron chi connectivity index (χ3n) is 7.25. The normalized spacial score (nSPS) is 14.5. The number of anilines is 1. The van der Waals surface area contributed by atoms with Crippen LogP contribution < -0.4 is 10.9 Å². The molecule has 7 nitrogen and oxygen atoms in total. The van der Waals surface area contributed by atoms with Crippen molar-refractivity contribution < 1.29 is 14.3 Å². The number of carbonyl (C=O) groups is 2. The fourth-order valence-electron chi connectivity index (χ4n) is 5.25. The molecule has 0 fully saturated rings. The van der Waals surface area contributed by atoms with Crippen molar-refractivity contribution in [2.45, 2.75) is 38.3 Å². The van der Waals surface area contributed by atoms with E-state index in [1.807, 2.05) is 66.0 Å². The maximum atomic E-state index is 14.0. The maximum Gasteiger partial charge on any atom is 0.341 e. The van der Waals surface area contributed by atoms with E-state index in [-0.39, 0.29) is 23.8 Å². The van der Waals surface area contributed by atoms with Gasteiger partial charge in [0.25, 0.3) is 5.56 Å². The summed E-state index contributed by atoms with van der Waals surface area (Å²) in [5.41, 5.74) is 3.77. The van der Waals surface area contributed by atoms with Crippen LogP contribution in [-0.2, 0) is 22.4 Å². The summed E-state index contributed by atoms with van der Waals surface area (Å²) in [6.45, 7) is 4.25. The molecule has 10 heteroatoms. The smallest absolute Gasteiger partial charge is 0.341 e. The zero-order valence-corrected chi connectivity index (χ0v) is 25.7.